The van der Waals surface area contributed by atoms with Crippen molar-refractivity contribution < 1.29 is 9.53 Å². The Labute approximate surface area is 85.6 Å². The molecule has 1 rings (SSSR count). The van der Waals surface area contributed by atoms with Gasteiger partial charge in [-0.3, -0.25) is 4.79 Å². The van der Waals surface area contributed by atoms with Crippen LogP contribution in [0.4, 0.5) is 0 Å². The molecule has 0 saturated carbocycles. The molecule has 3 nitrogen and oxygen atoms in total. The van der Waals surface area contributed by atoms with Gasteiger partial charge in [0.1, 0.15) is 0 Å². The minimum atomic E-state index is -0.0706. The lowest BCUT2D eigenvalue weighted by Crippen LogP contribution is -2.27. The van der Waals surface area contributed by atoms with Crippen molar-refractivity contribution in [1.82, 2.24) is 5.32 Å². The van der Waals surface area contributed by atoms with Gasteiger partial charge in [-0.05, 0) is 18.4 Å². The third kappa shape index (κ3) is 2.85. The van der Waals surface area contributed by atoms with Gasteiger partial charge in [-0.25, -0.2) is 0 Å². The van der Waals surface area contributed by atoms with Gasteiger partial charge in [0.2, 0.25) is 0 Å². The Kier molecular flexibility index (Phi) is 5.33. The molecule has 1 aliphatic heterocycles. The SMILES string of the molecule is COC(=O)[C@H]1CNC[C@H]1C(C)C.Cl. The number of hydrogen-bond donors (Lipinski definition) is 1. The zero-order valence-corrected chi connectivity index (χ0v) is 9.19. The van der Waals surface area contributed by atoms with Gasteiger partial charge in [-0.1, -0.05) is 13.8 Å². The van der Waals surface area contributed by atoms with Gasteiger partial charge in [0.15, 0.2) is 0 Å². The Morgan fingerprint density at radius 3 is 2.54 bits per heavy atom. The van der Waals surface area contributed by atoms with Gasteiger partial charge in [0.05, 0.1) is 13.0 Å². The molecular formula is C9H18ClNO2. The van der Waals surface area contributed by atoms with Gasteiger partial charge in [0, 0.05) is 6.54 Å². The normalized spacial score (nSPS) is 27.1. The van der Waals surface area contributed by atoms with E-state index in [1.165, 1.54) is 7.11 Å². The van der Waals surface area contributed by atoms with E-state index in [4.69, 9.17) is 4.74 Å². The van der Waals surface area contributed by atoms with Crippen LogP contribution in [0.1, 0.15) is 13.8 Å². The van der Waals surface area contributed by atoms with Crippen LogP contribution in [0.3, 0.4) is 0 Å². The summed E-state index contributed by atoms with van der Waals surface area (Å²) in [4.78, 5) is 11.3. The number of carbonyl (C=O) groups excluding carboxylic acids is 1. The topological polar surface area (TPSA) is 38.3 Å². The number of esters is 1. The Morgan fingerprint density at radius 1 is 1.46 bits per heavy atom. The molecule has 2 atom stereocenters. The lowest BCUT2D eigenvalue weighted by molar-refractivity contribution is -0.146. The third-order valence-electron chi connectivity index (χ3n) is 2.62. The molecule has 1 heterocycles. The molecule has 0 spiro atoms. The second kappa shape index (κ2) is 5.45. The molecule has 0 aromatic rings. The molecule has 0 unspecified atom stereocenters. The first kappa shape index (κ1) is 12.7. The lowest BCUT2D eigenvalue weighted by atomic mass is 9.86. The van der Waals surface area contributed by atoms with Crippen LogP contribution in [-0.2, 0) is 9.53 Å². The zero-order chi connectivity index (χ0) is 9.14. The summed E-state index contributed by atoms with van der Waals surface area (Å²) >= 11 is 0. The quantitative estimate of drug-likeness (QED) is 0.689. The van der Waals surface area contributed by atoms with Gasteiger partial charge < -0.3 is 10.1 Å². The van der Waals surface area contributed by atoms with E-state index in [-0.39, 0.29) is 24.3 Å². The molecule has 1 aliphatic rings. The van der Waals surface area contributed by atoms with E-state index in [2.05, 4.69) is 19.2 Å². The van der Waals surface area contributed by atoms with Gasteiger partial charge in [0.25, 0.3) is 0 Å². The number of carbonyl (C=O) groups is 1. The van der Waals surface area contributed by atoms with Crippen LogP contribution in [0.15, 0.2) is 0 Å². The van der Waals surface area contributed by atoms with Crippen LogP contribution in [0.5, 0.6) is 0 Å². The van der Waals surface area contributed by atoms with E-state index in [1.807, 2.05) is 0 Å². The van der Waals surface area contributed by atoms with Crippen molar-refractivity contribution in [3.8, 4) is 0 Å². The summed E-state index contributed by atoms with van der Waals surface area (Å²) < 4.78 is 4.74. The monoisotopic (exact) mass is 207 g/mol. The van der Waals surface area contributed by atoms with Crippen molar-refractivity contribution in [3.05, 3.63) is 0 Å². The van der Waals surface area contributed by atoms with Crippen LogP contribution in [0, 0.1) is 17.8 Å². The molecule has 1 saturated heterocycles. The second-order valence-corrected chi connectivity index (χ2v) is 3.70. The Morgan fingerprint density at radius 2 is 2.08 bits per heavy atom. The van der Waals surface area contributed by atoms with Gasteiger partial charge >= 0.3 is 5.97 Å². The molecule has 0 aromatic heterocycles. The fraction of sp³-hybridized carbons (Fsp3) is 0.889. The summed E-state index contributed by atoms with van der Waals surface area (Å²) in [6, 6.07) is 0. The van der Waals surface area contributed by atoms with Crippen LogP contribution < -0.4 is 5.32 Å². The van der Waals surface area contributed by atoms with Gasteiger partial charge in [-0.15, -0.1) is 12.4 Å². The van der Waals surface area contributed by atoms with E-state index < -0.39 is 0 Å². The number of ether oxygens (including phenoxy) is 1. The number of rotatable bonds is 2. The number of hydrogen-bond acceptors (Lipinski definition) is 3. The molecule has 1 N–H and O–H groups in total. The molecular weight excluding hydrogens is 190 g/mol. The van der Waals surface area contributed by atoms with E-state index in [0.29, 0.717) is 11.8 Å². The minimum absolute atomic E-state index is 0. The average molecular weight is 208 g/mol. The predicted octanol–water partition coefficient (Wildman–Crippen LogP) is 1.07. The molecule has 1 fully saturated rings. The van der Waals surface area contributed by atoms with Crippen molar-refractivity contribution in [2.24, 2.45) is 17.8 Å². The summed E-state index contributed by atoms with van der Waals surface area (Å²) in [5, 5.41) is 3.22. The zero-order valence-electron chi connectivity index (χ0n) is 8.37. The fourth-order valence-electron chi connectivity index (χ4n) is 1.81. The maximum absolute atomic E-state index is 11.3. The first-order valence-corrected chi connectivity index (χ1v) is 4.45. The molecule has 13 heavy (non-hydrogen) atoms. The summed E-state index contributed by atoms with van der Waals surface area (Å²) in [7, 11) is 1.46. The van der Waals surface area contributed by atoms with Crippen molar-refractivity contribution in [1.29, 1.82) is 0 Å². The van der Waals surface area contributed by atoms with Crippen molar-refractivity contribution in [2.75, 3.05) is 20.2 Å². The highest BCUT2D eigenvalue weighted by molar-refractivity contribution is 5.85. The number of nitrogens with one attached hydrogen (secondary N) is 1. The van der Waals surface area contributed by atoms with E-state index in [9.17, 15) is 4.79 Å². The van der Waals surface area contributed by atoms with Crippen molar-refractivity contribution >= 4 is 18.4 Å². The van der Waals surface area contributed by atoms with E-state index >= 15 is 0 Å². The summed E-state index contributed by atoms with van der Waals surface area (Å²) in [5.41, 5.74) is 0. The summed E-state index contributed by atoms with van der Waals surface area (Å²) in [6.45, 7) is 6.01. The van der Waals surface area contributed by atoms with Crippen molar-refractivity contribution in [3.63, 3.8) is 0 Å². The molecule has 0 amide bonds. The Balaban J connectivity index is 0.00000144. The highest BCUT2D eigenvalue weighted by Crippen LogP contribution is 2.25. The lowest BCUT2D eigenvalue weighted by Gasteiger charge is -2.19. The standard InChI is InChI=1S/C9H17NO2.ClH/c1-6(2)7-4-10-5-8(7)9(11)12-3;/h6-8,10H,4-5H2,1-3H3;1H/t7-,8-;/m0./s1. The van der Waals surface area contributed by atoms with Gasteiger partial charge in [-0.2, -0.15) is 0 Å². The molecule has 0 aliphatic carbocycles. The molecule has 4 heteroatoms. The Bertz CT molecular complexity index is 173. The van der Waals surface area contributed by atoms with E-state index in [0.717, 1.165) is 13.1 Å². The van der Waals surface area contributed by atoms with Crippen LogP contribution >= 0.6 is 12.4 Å². The first-order valence-electron chi connectivity index (χ1n) is 4.45. The summed E-state index contributed by atoms with van der Waals surface area (Å²) in [6.07, 6.45) is 0. The van der Waals surface area contributed by atoms with Crippen LogP contribution in [0.2, 0.25) is 0 Å². The molecule has 0 aromatic carbocycles. The average Bonchev–Trinajstić information content (AvgIpc) is 2.50. The first-order chi connectivity index (χ1) is 5.66. The predicted molar refractivity (Wildman–Crippen MR) is 54.0 cm³/mol. The minimum Gasteiger partial charge on any atom is -0.469 e. The van der Waals surface area contributed by atoms with Crippen molar-refractivity contribution in [2.45, 2.75) is 13.8 Å². The molecule has 78 valence electrons. The summed E-state index contributed by atoms with van der Waals surface area (Å²) in [5.74, 6) is 0.982. The fourth-order valence-corrected chi connectivity index (χ4v) is 1.81. The highest BCUT2D eigenvalue weighted by atomic mass is 35.5. The second-order valence-electron chi connectivity index (χ2n) is 3.70. The third-order valence-corrected chi connectivity index (χ3v) is 2.62. The maximum atomic E-state index is 11.3. The Hall–Kier alpha value is -0.280. The molecule has 0 bridgehead atoms. The number of methoxy groups -OCH3 is 1. The number of halogens is 1. The highest BCUT2D eigenvalue weighted by Gasteiger charge is 2.35. The smallest absolute Gasteiger partial charge is 0.310 e. The van der Waals surface area contributed by atoms with Crippen LogP contribution in [0.25, 0.3) is 0 Å². The molecule has 0 radical (unpaired) electrons. The largest absolute Gasteiger partial charge is 0.469 e. The maximum Gasteiger partial charge on any atom is 0.310 e. The van der Waals surface area contributed by atoms with Crippen LogP contribution in [-0.4, -0.2) is 26.2 Å². The van der Waals surface area contributed by atoms with E-state index in [1.54, 1.807) is 0 Å².